The van der Waals surface area contributed by atoms with Crippen LogP contribution >= 0.6 is 11.6 Å². The Hall–Kier alpha value is -2.41. The number of esters is 1. The van der Waals surface area contributed by atoms with Gasteiger partial charge in [-0.05, 0) is 34.5 Å². The van der Waals surface area contributed by atoms with Gasteiger partial charge in [0.1, 0.15) is 6.20 Å². The Morgan fingerprint density at radius 2 is 2.27 bits per heavy atom. The number of carbonyl (C=O) groups is 1. The van der Waals surface area contributed by atoms with Gasteiger partial charge in [-0.25, -0.2) is 4.79 Å². The summed E-state index contributed by atoms with van der Waals surface area (Å²) in [5.74, 6) is -0.795. The lowest BCUT2D eigenvalue weighted by atomic mass is 10.2. The number of aromatic nitrogens is 2. The van der Waals surface area contributed by atoms with Crippen LogP contribution in [0.15, 0.2) is 30.7 Å². The van der Waals surface area contributed by atoms with Gasteiger partial charge in [-0.1, -0.05) is 24.9 Å². The highest BCUT2D eigenvalue weighted by Gasteiger charge is 2.15. The predicted octanol–water partition coefficient (Wildman–Crippen LogP) is 3.39. The maximum atomic E-state index is 12.0. The highest BCUT2D eigenvalue weighted by atomic mass is 35.5. The van der Waals surface area contributed by atoms with Gasteiger partial charge in [-0.2, -0.15) is 0 Å². The summed E-state index contributed by atoms with van der Waals surface area (Å²) in [6.07, 6.45) is 4.25. The van der Waals surface area contributed by atoms with Crippen LogP contribution in [0.5, 0.6) is 0 Å². The summed E-state index contributed by atoms with van der Waals surface area (Å²) in [5, 5.41) is 10.9. The van der Waals surface area contributed by atoms with Gasteiger partial charge in [-0.15, -0.1) is 0 Å². The van der Waals surface area contributed by atoms with E-state index in [0.29, 0.717) is 12.3 Å². The minimum Gasteiger partial charge on any atom is -0.462 e. The third-order valence-corrected chi connectivity index (χ3v) is 3.28. The van der Waals surface area contributed by atoms with E-state index >= 15 is 0 Å². The fourth-order valence-electron chi connectivity index (χ4n) is 1.77. The van der Waals surface area contributed by atoms with Crippen molar-refractivity contribution < 1.29 is 14.5 Å². The first-order valence-electron chi connectivity index (χ1n) is 6.68. The lowest BCUT2D eigenvalue weighted by Gasteiger charge is -2.08. The molecule has 22 heavy (non-hydrogen) atoms. The minimum absolute atomic E-state index is 0.214. The quantitative estimate of drug-likeness (QED) is 0.352. The summed E-state index contributed by atoms with van der Waals surface area (Å²) in [7, 11) is 0. The molecule has 0 N–H and O–H groups in total. The van der Waals surface area contributed by atoms with E-state index in [4.69, 9.17) is 16.3 Å². The van der Waals surface area contributed by atoms with Crippen LogP contribution in [0.3, 0.4) is 0 Å². The van der Waals surface area contributed by atoms with Gasteiger partial charge in [0.2, 0.25) is 6.33 Å². The maximum absolute atomic E-state index is 12.0. The predicted molar refractivity (Wildman–Crippen MR) is 80.4 cm³/mol. The minimum atomic E-state index is -0.591. The molecule has 0 aliphatic rings. The van der Waals surface area contributed by atoms with Crippen LogP contribution in [0.1, 0.15) is 30.1 Å². The number of hydrogen-bond acceptors (Lipinski definition) is 5. The van der Waals surface area contributed by atoms with E-state index in [9.17, 15) is 14.9 Å². The molecular formula is C14H14ClN3O4. The molecule has 0 spiro atoms. The molecule has 0 unspecified atom stereocenters. The largest absolute Gasteiger partial charge is 0.462 e. The van der Waals surface area contributed by atoms with E-state index in [1.807, 2.05) is 6.92 Å². The molecule has 0 bridgehead atoms. The second-order valence-corrected chi connectivity index (χ2v) is 4.96. The third-order valence-electron chi connectivity index (χ3n) is 2.96. The number of imidazole rings is 1. The van der Waals surface area contributed by atoms with Crippen molar-refractivity contribution >= 4 is 23.4 Å². The van der Waals surface area contributed by atoms with Crippen molar-refractivity contribution in [2.24, 2.45) is 0 Å². The fourth-order valence-corrected chi connectivity index (χ4v) is 1.96. The lowest BCUT2D eigenvalue weighted by Crippen LogP contribution is -2.08. The number of halogens is 1. The molecule has 116 valence electrons. The summed E-state index contributed by atoms with van der Waals surface area (Å²) >= 11 is 6.01. The average molecular weight is 324 g/mol. The molecule has 0 aliphatic carbocycles. The van der Waals surface area contributed by atoms with Crippen LogP contribution in [0, 0.1) is 10.1 Å². The van der Waals surface area contributed by atoms with E-state index < -0.39 is 10.9 Å². The number of nitrogens with zero attached hydrogens (tertiary/aromatic N) is 3. The topological polar surface area (TPSA) is 87.3 Å². The molecule has 7 nitrogen and oxygen atoms in total. The highest BCUT2D eigenvalue weighted by molar-refractivity contribution is 6.33. The first-order chi connectivity index (χ1) is 10.5. The van der Waals surface area contributed by atoms with Gasteiger partial charge in [0.05, 0.1) is 17.2 Å². The van der Waals surface area contributed by atoms with Crippen molar-refractivity contribution in [3.63, 3.8) is 0 Å². The Kier molecular flexibility index (Phi) is 5.11. The SMILES string of the molecule is CCCCOC(=O)c1cc(-n2cnc([N+](=O)[O-])c2)ccc1Cl. The zero-order chi connectivity index (χ0) is 16.1. The van der Waals surface area contributed by atoms with Gasteiger partial charge < -0.3 is 14.9 Å². The number of carbonyl (C=O) groups excluding carboxylic acids is 1. The molecule has 1 aromatic heterocycles. The van der Waals surface area contributed by atoms with E-state index in [-0.39, 0.29) is 16.4 Å². The van der Waals surface area contributed by atoms with Crippen molar-refractivity contribution in [3.8, 4) is 5.69 Å². The lowest BCUT2D eigenvalue weighted by molar-refractivity contribution is -0.389. The van der Waals surface area contributed by atoms with Gasteiger partial charge in [0.25, 0.3) is 0 Å². The number of rotatable bonds is 6. The summed E-state index contributed by atoms with van der Waals surface area (Å²) in [4.78, 5) is 25.7. The molecule has 2 aromatic rings. The van der Waals surface area contributed by atoms with Crippen molar-refractivity contribution in [3.05, 3.63) is 51.4 Å². The number of hydrogen-bond donors (Lipinski definition) is 0. The Labute approximate surface area is 131 Å². The molecule has 8 heteroatoms. The number of benzene rings is 1. The molecule has 0 fully saturated rings. The zero-order valence-corrected chi connectivity index (χ0v) is 12.6. The van der Waals surface area contributed by atoms with Gasteiger partial charge in [-0.3, -0.25) is 4.57 Å². The smallest absolute Gasteiger partial charge is 0.381 e. The summed E-state index contributed by atoms with van der Waals surface area (Å²) in [6.45, 7) is 2.32. The second kappa shape index (κ2) is 7.04. The first-order valence-corrected chi connectivity index (χ1v) is 7.06. The molecule has 0 radical (unpaired) electrons. The Balaban J connectivity index is 2.25. The number of nitro groups is 1. The van der Waals surface area contributed by atoms with Gasteiger partial charge >= 0.3 is 11.8 Å². The summed E-state index contributed by atoms with van der Waals surface area (Å²) in [5.41, 5.74) is 0.749. The average Bonchev–Trinajstić information content (AvgIpc) is 2.98. The molecule has 0 atom stereocenters. The molecule has 0 saturated carbocycles. The van der Waals surface area contributed by atoms with Crippen LogP contribution in [-0.2, 0) is 4.74 Å². The van der Waals surface area contributed by atoms with Crippen molar-refractivity contribution in [2.45, 2.75) is 19.8 Å². The number of unbranched alkanes of at least 4 members (excludes halogenated alkanes) is 1. The van der Waals surface area contributed by atoms with Crippen molar-refractivity contribution in [2.75, 3.05) is 6.61 Å². The maximum Gasteiger partial charge on any atom is 0.381 e. The van der Waals surface area contributed by atoms with E-state index in [1.54, 1.807) is 12.1 Å². The van der Waals surface area contributed by atoms with E-state index in [2.05, 4.69) is 4.98 Å². The summed E-state index contributed by atoms with van der Waals surface area (Å²) < 4.78 is 6.57. The molecular weight excluding hydrogens is 310 g/mol. The van der Waals surface area contributed by atoms with E-state index in [0.717, 1.165) is 12.8 Å². The summed E-state index contributed by atoms with van der Waals surface area (Å²) in [6, 6.07) is 4.69. The molecule has 1 heterocycles. The highest BCUT2D eigenvalue weighted by Crippen LogP contribution is 2.22. The molecule has 0 saturated heterocycles. The molecule has 1 aromatic carbocycles. The monoisotopic (exact) mass is 323 g/mol. The fraction of sp³-hybridized carbons (Fsp3) is 0.286. The van der Waals surface area contributed by atoms with Crippen molar-refractivity contribution in [1.29, 1.82) is 0 Å². The van der Waals surface area contributed by atoms with Crippen LogP contribution in [0.2, 0.25) is 5.02 Å². The third kappa shape index (κ3) is 3.62. The molecule has 0 aliphatic heterocycles. The van der Waals surface area contributed by atoms with Crippen LogP contribution in [0.4, 0.5) is 5.82 Å². The molecule has 2 rings (SSSR count). The van der Waals surface area contributed by atoms with Crippen LogP contribution in [-0.4, -0.2) is 27.1 Å². The Morgan fingerprint density at radius 1 is 1.50 bits per heavy atom. The van der Waals surface area contributed by atoms with Gasteiger partial charge in [0, 0.05) is 5.69 Å². The first kappa shape index (κ1) is 16.0. The Morgan fingerprint density at radius 3 is 2.91 bits per heavy atom. The van der Waals surface area contributed by atoms with Crippen LogP contribution < -0.4 is 0 Å². The standard InChI is InChI=1S/C14H14ClN3O4/c1-2-3-6-22-14(19)11-7-10(4-5-12(11)15)17-8-13(16-9-17)18(20)21/h4-5,7-9H,2-3,6H2,1H3. The van der Waals surface area contributed by atoms with Crippen LogP contribution in [0.25, 0.3) is 5.69 Å². The van der Waals surface area contributed by atoms with Crippen molar-refractivity contribution in [1.82, 2.24) is 9.55 Å². The zero-order valence-electron chi connectivity index (χ0n) is 11.9. The second-order valence-electron chi connectivity index (χ2n) is 4.55. The Bertz CT molecular complexity index is 699. The molecule has 0 amide bonds. The number of ether oxygens (including phenoxy) is 1. The normalized spacial score (nSPS) is 10.5. The van der Waals surface area contributed by atoms with E-state index in [1.165, 1.54) is 23.2 Å². The van der Waals surface area contributed by atoms with Gasteiger partial charge in [0.15, 0.2) is 0 Å².